The number of aromatic nitrogens is 1. The summed E-state index contributed by atoms with van der Waals surface area (Å²) in [5, 5.41) is 0. The molecule has 1 fully saturated rings. The molecule has 6 heteroatoms. The van der Waals surface area contributed by atoms with Crippen LogP contribution in [0.15, 0.2) is 42.6 Å². The first-order valence-electron chi connectivity index (χ1n) is 9.57. The second-order valence-corrected chi connectivity index (χ2v) is 7.30. The summed E-state index contributed by atoms with van der Waals surface area (Å²) < 4.78 is 16.0. The molecule has 1 unspecified atom stereocenters. The van der Waals surface area contributed by atoms with Crippen LogP contribution in [0.25, 0.3) is 0 Å². The lowest BCUT2D eigenvalue weighted by Crippen LogP contribution is -2.48. The van der Waals surface area contributed by atoms with Gasteiger partial charge < -0.3 is 14.4 Å². The van der Waals surface area contributed by atoms with Crippen LogP contribution in [0.3, 0.4) is 0 Å². The summed E-state index contributed by atoms with van der Waals surface area (Å²) >= 11 is 0. The van der Waals surface area contributed by atoms with Gasteiger partial charge in [0.2, 0.25) is 11.8 Å². The lowest BCUT2D eigenvalue weighted by molar-refractivity contribution is -0.142. The molecule has 2 heterocycles. The van der Waals surface area contributed by atoms with Crippen LogP contribution in [0.2, 0.25) is 0 Å². The van der Waals surface area contributed by atoms with E-state index in [1.54, 1.807) is 15.9 Å². The third kappa shape index (κ3) is 3.48. The van der Waals surface area contributed by atoms with Crippen molar-refractivity contribution in [2.45, 2.75) is 32.4 Å². The SMILES string of the molecule is CCN(CC(=O)N1CCn2cccc2C1c1cccc(F)c1)C(=O)C1CC1. The minimum Gasteiger partial charge on any atom is -0.348 e. The van der Waals surface area contributed by atoms with Crippen LogP contribution in [0.5, 0.6) is 0 Å². The molecule has 0 N–H and O–H groups in total. The zero-order valence-corrected chi connectivity index (χ0v) is 15.5. The second-order valence-electron chi connectivity index (χ2n) is 7.30. The van der Waals surface area contributed by atoms with Crippen LogP contribution in [-0.4, -0.2) is 45.8 Å². The van der Waals surface area contributed by atoms with Gasteiger partial charge in [0.15, 0.2) is 0 Å². The van der Waals surface area contributed by atoms with Crippen molar-refractivity contribution in [3.8, 4) is 0 Å². The van der Waals surface area contributed by atoms with Gasteiger partial charge >= 0.3 is 0 Å². The lowest BCUT2D eigenvalue weighted by atomic mass is 9.99. The molecular formula is C21H24FN3O2. The maximum absolute atomic E-state index is 13.9. The van der Waals surface area contributed by atoms with E-state index in [0.29, 0.717) is 19.6 Å². The summed E-state index contributed by atoms with van der Waals surface area (Å²) in [6.07, 6.45) is 3.83. The Morgan fingerprint density at radius 3 is 2.70 bits per heavy atom. The first-order chi connectivity index (χ1) is 13.1. The fourth-order valence-corrected chi connectivity index (χ4v) is 3.87. The molecule has 4 rings (SSSR count). The number of rotatable bonds is 5. The number of hydrogen-bond acceptors (Lipinski definition) is 2. The van der Waals surface area contributed by atoms with Crippen LogP contribution in [0.4, 0.5) is 4.39 Å². The molecule has 1 aromatic heterocycles. The van der Waals surface area contributed by atoms with E-state index in [1.165, 1.54) is 12.1 Å². The highest BCUT2D eigenvalue weighted by Crippen LogP contribution is 2.34. The smallest absolute Gasteiger partial charge is 0.243 e. The van der Waals surface area contributed by atoms with E-state index in [9.17, 15) is 14.0 Å². The molecule has 1 atom stereocenters. The zero-order valence-electron chi connectivity index (χ0n) is 15.5. The molecule has 0 saturated heterocycles. The fraction of sp³-hybridized carbons (Fsp3) is 0.429. The highest BCUT2D eigenvalue weighted by molar-refractivity contribution is 5.87. The minimum atomic E-state index is -0.341. The molecule has 142 valence electrons. The van der Waals surface area contributed by atoms with Gasteiger partial charge in [0.05, 0.1) is 12.6 Å². The predicted molar refractivity (Wildman–Crippen MR) is 99.4 cm³/mol. The molecule has 5 nitrogen and oxygen atoms in total. The average molecular weight is 369 g/mol. The van der Waals surface area contributed by atoms with E-state index < -0.39 is 0 Å². The van der Waals surface area contributed by atoms with Gasteiger partial charge in [-0.15, -0.1) is 0 Å². The highest BCUT2D eigenvalue weighted by atomic mass is 19.1. The van der Waals surface area contributed by atoms with Gasteiger partial charge in [-0.1, -0.05) is 12.1 Å². The Labute approximate surface area is 158 Å². The number of carbonyl (C=O) groups is 2. The Morgan fingerprint density at radius 2 is 2.00 bits per heavy atom. The molecule has 2 aromatic rings. The molecule has 2 aliphatic rings. The highest BCUT2D eigenvalue weighted by Gasteiger charge is 2.36. The second kappa shape index (κ2) is 7.18. The molecule has 0 radical (unpaired) electrons. The molecule has 2 amide bonds. The number of fused-ring (bicyclic) bond motifs is 1. The monoisotopic (exact) mass is 369 g/mol. The lowest BCUT2D eigenvalue weighted by Gasteiger charge is -2.38. The van der Waals surface area contributed by atoms with Crippen molar-refractivity contribution >= 4 is 11.8 Å². The first kappa shape index (κ1) is 17.8. The maximum atomic E-state index is 13.9. The number of hydrogen-bond donors (Lipinski definition) is 0. The van der Waals surface area contributed by atoms with Crippen molar-refractivity contribution in [1.82, 2.24) is 14.4 Å². The van der Waals surface area contributed by atoms with E-state index in [2.05, 4.69) is 4.57 Å². The van der Waals surface area contributed by atoms with Gasteiger partial charge in [-0.2, -0.15) is 0 Å². The van der Waals surface area contributed by atoms with Gasteiger partial charge in [0.25, 0.3) is 0 Å². The van der Waals surface area contributed by atoms with Crippen LogP contribution < -0.4 is 0 Å². The summed E-state index contributed by atoms with van der Waals surface area (Å²) in [5.41, 5.74) is 1.72. The zero-order chi connectivity index (χ0) is 19.0. The Balaban J connectivity index is 1.61. The number of benzene rings is 1. The van der Waals surface area contributed by atoms with Crippen molar-refractivity contribution in [1.29, 1.82) is 0 Å². The van der Waals surface area contributed by atoms with Crippen molar-refractivity contribution in [2.24, 2.45) is 5.92 Å². The quantitative estimate of drug-likeness (QED) is 0.814. The van der Waals surface area contributed by atoms with E-state index >= 15 is 0 Å². The third-order valence-corrected chi connectivity index (χ3v) is 5.47. The van der Waals surface area contributed by atoms with E-state index in [4.69, 9.17) is 0 Å². The average Bonchev–Trinajstić information content (AvgIpc) is 3.41. The molecule has 1 aliphatic carbocycles. The summed E-state index contributed by atoms with van der Waals surface area (Å²) in [6.45, 7) is 3.74. The molecule has 27 heavy (non-hydrogen) atoms. The Hall–Kier alpha value is -2.63. The summed E-state index contributed by atoms with van der Waals surface area (Å²) in [4.78, 5) is 29.0. The topological polar surface area (TPSA) is 45.6 Å². The van der Waals surface area contributed by atoms with Crippen molar-refractivity contribution in [2.75, 3.05) is 19.6 Å². The number of carbonyl (C=O) groups excluding carboxylic acids is 2. The molecule has 0 bridgehead atoms. The van der Waals surface area contributed by atoms with Crippen LogP contribution in [-0.2, 0) is 16.1 Å². The normalized spacial score (nSPS) is 18.9. The molecule has 1 aromatic carbocycles. The molecule has 1 aliphatic heterocycles. The van der Waals surface area contributed by atoms with Gasteiger partial charge in [0, 0.05) is 37.4 Å². The number of nitrogens with zero attached hydrogens (tertiary/aromatic N) is 3. The van der Waals surface area contributed by atoms with Crippen molar-refractivity contribution < 1.29 is 14.0 Å². The first-order valence-corrected chi connectivity index (χ1v) is 9.57. The fourth-order valence-electron chi connectivity index (χ4n) is 3.87. The van der Waals surface area contributed by atoms with Gasteiger partial charge in [0.1, 0.15) is 5.82 Å². The predicted octanol–water partition coefficient (Wildman–Crippen LogP) is 2.82. The van der Waals surface area contributed by atoms with Gasteiger partial charge in [-0.25, -0.2) is 4.39 Å². The molecule has 0 spiro atoms. The van der Waals surface area contributed by atoms with Crippen molar-refractivity contribution in [3.63, 3.8) is 0 Å². The Morgan fingerprint density at radius 1 is 1.19 bits per heavy atom. The minimum absolute atomic E-state index is 0.0774. The largest absolute Gasteiger partial charge is 0.348 e. The van der Waals surface area contributed by atoms with Crippen molar-refractivity contribution in [3.05, 3.63) is 59.7 Å². The third-order valence-electron chi connectivity index (χ3n) is 5.47. The van der Waals surface area contributed by atoms with E-state index in [0.717, 1.165) is 24.1 Å². The standard InChI is InChI=1S/C21H24FN3O2/c1-2-23(21(27)15-8-9-15)14-19(26)25-12-11-24-10-4-7-18(24)20(25)16-5-3-6-17(22)13-16/h3-7,10,13,15,20H,2,8-9,11-12,14H2,1H3. The summed E-state index contributed by atoms with van der Waals surface area (Å²) in [7, 11) is 0. The van der Waals surface area contributed by atoms with E-state index in [-0.39, 0.29) is 36.1 Å². The maximum Gasteiger partial charge on any atom is 0.243 e. The number of likely N-dealkylation sites (N-methyl/N-ethyl adjacent to an activating group) is 1. The van der Waals surface area contributed by atoms with Crippen LogP contribution >= 0.6 is 0 Å². The van der Waals surface area contributed by atoms with Gasteiger partial charge in [-0.05, 0) is 49.6 Å². The number of halogens is 1. The van der Waals surface area contributed by atoms with Gasteiger partial charge in [-0.3, -0.25) is 9.59 Å². The molecular weight excluding hydrogens is 345 g/mol. The molecule has 1 saturated carbocycles. The Kier molecular flexibility index (Phi) is 4.72. The number of amides is 2. The van der Waals surface area contributed by atoms with Crippen LogP contribution in [0, 0.1) is 11.7 Å². The Bertz CT molecular complexity index is 859. The van der Waals surface area contributed by atoms with Crippen LogP contribution in [0.1, 0.15) is 37.1 Å². The summed E-state index contributed by atoms with van der Waals surface area (Å²) in [5.74, 6) is -0.237. The van der Waals surface area contributed by atoms with E-state index in [1.807, 2.05) is 31.3 Å². The summed E-state index contributed by atoms with van der Waals surface area (Å²) in [6, 6.07) is 10.00.